The lowest BCUT2D eigenvalue weighted by molar-refractivity contribution is 0.0925. The second-order valence-electron chi connectivity index (χ2n) is 5.10. The molecule has 1 aromatic carbocycles. The zero-order chi connectivity index (χ0) is 17.5. The van der Waals surface area contributed by atoms with Crippen molar-refractivity contribution in [3.63, 3.8) is 0 Å². The van der Waals surface area contributed by atoms with Crippen molar-refractivity contribution in [3.8, 4) is 5.75 Å². The number of Topliss-reactive ketones (excluding diaryl/α,β-unsaturated/α-hetero) is 1. The summed E-state index contributed by atoms with van der Waals surface area (Å²) in [4.78, 5) is 37.8. The van der Waals surface area contributed by atoms with E-state index in [0.29, 0.717) is 22.6 Å². The molecule has 0 bridgehead atoms. The van der Waals surface area contributed by atoms with Gasteiger partial charge in [0.15, 0.2) is 5.78 Å². The van der Waals surface area contributed by atoms with Crippen LogP contribution in [0.5, 0.6) is 5.75 Å². The highest BCUT2D eigenvalue weighted by Crippen LogP contribution is 2.12. The number of hydrogen-bond acceptors (Lipinski definition) is 4. The van der Waals surface area contributed by atoms with Gasteiger partial charge in [0.2, 0.25) is 0 Å². The number of methoxy groups -OCH3 is 1. The fourth-order valence-corrected chi connectivity index (χ4v) is 2.04. The summed E-state index contributed by atoms with van der Waals surface area (Å²) >= 11 is 0. The van der Waals surface area contributed by atoms with Crippen LogP contribution in [0, 0.1) is 0 Å². The number of ketones is 1. The molecule has 0 aliphatic rings. The molecule has 7 heteroatoms. The molecule has 0 radical (unpaired) electrons. The molecule has 7 nitrogen and oxygen atoms in total. The number of hydrogen-bond donors (Lipinski definition) is 3. The topological polar surface area (TPSA) is 100 Å². The number of aromatic nitrogens is 1. The standard InChI is InChI=1S/C17H19N3O4/c1-11(21)13-9-15(20-10-13)17(23)19-7-6-18-16(22)12-4-3-5-14(8-12)24-2/h3-5,8-10,20H,6-7H2,1-2H3,(H,18,22)(H,19,23). The lowest BCUT2D eigenvalue weighted by Gasteiger charge is -2.07. The maximum atomic E-state index is 12.0. The van der Waals surface area contributed by atoms with E-state index in [0.717, 1.165) is 0 Å². The first kappa shape index (κ1) is 17.3. The highest BCUT2D eigenvalue weighted by molar-refractivity contribution is 5.99. The summed E-state index contributed by atoms with van der Waals surface area (Å²) in [6.07, 6.45) is 1.49. The van der Waals surface area contributed by atoms with E-state index in [9.17, 15) is 14.4 Å². The Balaban J connectivity index is 1.78. The number of benzene rings is 1. The molecule has 3 N–H and O–H groups in total. The first-order valence-electron chi connectivity index (χ1n) is 7.41. The van der Waals surface area contributed by atoms with Crippen molar-refractivity contribution < 1.29 is 19.1 Å². The monoisotopic (exact) mass is 329 g/mol. The molecule has 0 saturated carbocycles. The van der Waals surface area contributed by atoms with Crippen LogP contribution in [0.3, 0.4) is 0 Å². The second kappa shape index (κ2) is 7.96. The number of carbonyl (C=O) groups is 3. The van der Waals surface area contributed by atoms with Crippen molar-refractivity contribution >= 4 is 17.6 Å². The largest absolute Gasteiger partial charge is 0.497 e. The number of H-pyrrole nitrogens is 1. The lowest BCUT2D eigenvalue weighted by Crippen LogP contribution is -2.34. The molecule has 24 heavy (non-hydrogen) atoms. The van der Waals surface area contributed by atoms with Crippen LogP contribution in [-0.2, 0) is 0 Å². The Bertz CT molecular complexity index is 752. The molecule has 1 heterocycles. The van der Waals surface area contributed by atoms with E-state index < -0.39 is 0 Å². The van der Waals surface area contributed by atoms with E-state index in [-0.39, 0.29) is 30.7 Å². The van der Waals surface area contributed by atoms with Crippen molar-refractivity contribution in [3.05, 3.63) is 53.3 Å². The molecule has 1 aromatic heterocycles. The van der Waals surface area contributed by atoms with E-state index in [2.05, 4.69) is 15.6 Å². The molecule has 0 saturated heterocycles. The van der Waals surface area contributed by atoms with Crippen molar-refractivity contribution in [1.29, 1.82) is 0 Å². The third-order valence-electron chi connectivity index (χ3n) is 3.36. The minimum atomic E-state index is -0.335. The minimum absolute atomic E-state index is 0.115. The minimum Gasteiger partial charge on any atom is -0.497 e. The van der Waals surface area contributed by atoms with E-state index in [1.165, 1.54) is 26.3 Å². The van der Waals surface area contributed by atoms with Crippen molar-refractivity contribution in [2.75, 3.05) is 20.2 Å². The van der Waals surface area contributed by atoms with Gasteiger partial charge in [-0.15, -0.1) is 0 Å². The molecule has 126 valence electrons. The summed E-state index contributed by atoms with van der Waals surface area (Å²) in [5.41, 5.74) is 1.24. The number of rotatable bonds is 7. The van der Waals surface area contributed by atoms with Crippen LogP contribution < -0.4 is 15.4 Å². The van der Waals surface area contributed by atoms with Crippen molar-refractivity contribution in [1.82, 2.24) is 15.6 Å². The first-order valence-corrected chi connectivity index (χ1v) is 7.41. The fraction of sp³-hybridized carbons (Fsp3) is 0.235. The van der Waals surface area contributed by atoms with Gasteiger partial charge in [-0.05, 0) is 31.2 Å². The maximum Gasteiger partial charge on any atom is 0.267 e. The quantitative estimate of drug-likeness (QED) is 0.528. The zero-order valence-electron chi connectivity index (χ0n) is 13.5. The van der Waals surface area contributed by atoms with Gasteiger partial charge in [0.05, 0.1) is 7.11 Å². The molecular weight excluding hydrogens is 310 g/mol. The number of aromatic amines is 1. The fourth-order valence-electron chi connectivity index (χ4n) is 2.04. The Morgan fingerprint density at radius 3 is 2.38 bits per heavy atom. The summed E-state index contributed by atoms with van der Waals surface area (Å²) in [6.45, 7) is 1.98. The van der Waals surface area contributed by atoms with Crippen molar-refractivity contribution in [2.24, 2.45) is 0 Å². The summed E-state index contributed by atoms with van der Waals surface area (Å²) in [6, 6.07) is 8.29. The molecule has 0 atom stereocenters. The van der Waals surface area contributed by atoms with E-state index in [4.69, 9.17) is 4.74 Å². The summed E-state index contributed by atoms with van der Waals surface area (Å²) in [5.74, 6) is -0.0974. The van der Waals surface area contributed by atoms with Crippen LogP contribution in [0.4, 0.5) is 0 Å². The predicted octanol–water partition coefficient (Wildman–Crippen LogP) is 1.39. The smallest absolute Gasteiger partial charge is 0.267 e. The third-order valence-corrected chi connectivity index (χ3v) is 3.36. The molecule has 2 rings (SSSR count). The van der Waals surface area contributed by atoms with Gasteiger partial charge in [-0.3, -0.25) is 14.4 Å². The normalized spacial score (nSPS) is 10.1. The van der Waals surface area contributed by atoms with Crippen LogP contribution in [0.1, 0.15) is 38.1 Å². The highest BCUT2D eigenvalue weighted by atomic mass is 16.5. The molecule has 2 amide bonds. The van der Waals surface area contributed by atoms with Crippen LogP contribution in [0.2, 0.25) is 0 Å². The van der Waals surface area contributed by atoms with Gasteiger partial charge in [-0.1, -0.05) is 6.07 Å². The first-order chi connectivity index (χ1) is 11.5. The van der Waals surface area contributed by atoms with Gasteiger partial charge in [-0.2, -0.15) is 0 Å². The Hall–Kier alpha value is -3.09. The Morgan fingerprint density at radius 1 is 1.04 bits per heavy atom. The number of carbonyl (C=O) groups excluding carboxylic acids is 3. The molecule has 0 aliphatic heterocycles. The second-order valence-corrected chi connectivity index (χ2v) is 5.10. The maximum absolute atomic E-state index is 12.0. The molecule has 2 aromatic rings. The van der Waals surface area contributed by atoms with Crippen LogP contribution >= 0.6 is 0 Å². The van der Waals surface area contributed by atoms with Crippen LogP contribution in [-0.4, -0.2) is 42.8 Å². The predicted molar refractivity (Wildman–Crippen MR) is 88.5 cm³/mol. The van der Waals surface area contributed by atoms with E-state index in [1.54, 1.807) is 24.3 Å². The van der Waals surface area contributed by atoms with Gasteiger partial charge in [-0.25, -0.2) is 0 Å². The average molecular weight is 329 g/mol. The molecule has 0 aliphatic carbocycles. The lowest BCUT2D eigenvalue weighted by atomic mass is 10.2. The summed E-state index contributed by atoms with van der Waals surface area (Å²) in [7, 11) is 1.53. The molecular formula is C17H19N3O4. The molecule has 0 unspecified atom stereocenters. The molecule has 0 spiro atoms. The van der Waals surface area contributed by atoms with Gasteiger partial charge in [0.1, 0.15) is 11.4 Å². The van der Waals surface area contributed by atoms with E-state index in [1.807, 2.05) is 0 Å². The summed E-state index contributed by atoms with van der Waals surface area (Å²) < 4.78 is 5.07. The number of ether oxygens (including phenoxy) is 1. The Labute approximate surface area is 139 Å². The van der Waals surface area contributed by atoms with E-state index >= 15 is 0 Å². The third kappa shape index (κ3) is 4.45. The molecule has 0 fully saturated rings. The SMILES string of the molecule is COc1cccc(C(=O)NCCNC(=O)c2cc(C(C)=O)c[nH]2)c1. The Morgan fingerprint density at radius 2 is 1.75 bits per heavy atom. The summed E-state index contributed by atoms with van der Waals surface area (Å²) in [5, 5.41) is 5.37. The number of nitrogens with one attached hydrogen (secondary N) is 3. The van der Waals surface area contributed by atoms with Gasteiger partial charge < -0.3 is 20.4 Å². The van der Waals surface area contributed by atoms with Crippen LogP contribution in [0.25, 0.3) is 0 Å². The van der Waals surface area contributed by atoms with Crippen molar-refractivity contribution in [2.45, 2.75) is 6.92 Å². The Kier molecular flexibility index (Phi) is 5.73. The number of amides is 2. The zero-order valence-corrected chi connectivity index (χ0v) is 13.5. The van der Waals surface area contributed by atoms with Gasteiger partial charge in [0, 0.05) is 30.4 Å². The average Bonchev–Trinajstić information content (AvgIpc) is 3.09. The van der Waals surface area contributed by atoms with Gasteiger partial charge in [0.25, 0.3) is 11.8 Å². The van der Waals surface area contributed by atoms with Gasteiger partial charge >= 0.3 is 0 Å². The van der Waals surface area contributed by atoms with Crippen LogP contribution in [0.15, 0.2) is 36.5 Å². The highest BCUT2D eigenvalue weighted by Gasteiger charge is 2.10.